The average Bonchev–Trinajstić information content (AvgIpc) is 2.37. The van der Waals surface area contributed by atoms with Crippen molar-refractivity contribution in [2.75, 3.05) is 14.2 Å². The zero-order valence-corrected chi connectivity index (χ0v) is 12.3. The van der Waals surface area contributed by atoms with E-state index >= 15 is 0 Å². The number of hydrogen-bond acceptors (Lipinski definition) is 4. The lowest BCUT2D eigenvalue weighted by atomic mass is 10.1. The molecule has 1 aromatic rings. The maximum Gasteiger partial charge on any atom is 0.325 e. The summed E-state index contributed by atoms with van der Waals surface area (Å²) in [6.45, 7) is 1.38. The smallest absolute Gasteiger partial charge is 0.325 e. The number of nitrogens with one attached hydrogen (secondary N) is 1. The Balaban J connectivity index is 3.05. The molecule has 0 spiro atoms. The number of benzene rings is 1. The third-order valence-corrected chi connectivity index (χ3v) is 3.00. The molecule has 0 fully saturated rings. The number of rotatable bonds is 5. The minimum atomic E-state index is -1.10. The number of carboxylic acids is 1. The van der Waals surface area contributed by atoms with Gasteiger partial charge in [0.25, 0.3) is 5.91 Å². The third-order valence-electron chi connectivity index (χ3n) is 2.41. The molecule has 0 aliphatic rings. The average molecular weight is 332 g/mol. The molecule has 0 saturated heterocycles. The van der Waals surface area contributed by atoms with Gasteiger partial charge >= 0.3 is 5.97 Å². The van der Waals surface area contributed by atoms with E-state index in [-0.39, 0.29) is 5.56 Å². The van der Waals surface area contributed by atoms with Gasteiger partial charge in [-0.2, -0.15) is 0 Å². The molecule has 0 aliphatic carbocycles. The van der Waals surface area contributed by atoms with Crippen molar-refractivity contribution in [1.82, 2.24) is 5.32 Å². The Hall–Kier alpha value is -1.76. The van der Waals surface area contributed by atoms with Crippen LogP contribution in [0, 0.1) is 0 Å². The van der Waals surface area contributed by atoms with E-state index in [2.05, 4.69) is 21.2 Å². The lowest BCUT2D eigenvalue weighted by Crippen LogP contribution is -2.38. The van der Waals surface area contributed by atoms with Gasteiger partial charge < -0.3 is 19.9 Å². The van der Waals surface area contributed by atoms with Gasteiger partial charge in [-0.1, -0.05) is 0 Å². The van der Waals surface area contributed by atoms with E-state index in [9.17, 15) is 9.59 Å². The number of amides is 1. The summed E-state index contributed by atoms with van der Waals surface area (Å²) >= 11 is 3.26. The van der Waals surface area contributed by atoms with Gasteiger partial charge in [0.15, 0.2) is 11.5 Å². The van der Waals surface area contributed by atoms with Crippen molar-refractivity contribution in [1.29, 1.82) is 0 Å². The van der Waals surface area contributed by atoms with Crippen LogP contribution in [0.15, 0.2) is 16.6 Å². The second kappa shape index (κ2) is 6.42. The van der Waals surface area contributed by atoms with Crippen LogP contribution in [0.4, 0.5) is 0 Å². The Bertz CT molecular complexity index is 503. The van der Waals surface area contributed by atoms with Crippen LogP contribution >= 0.6 is 15.9 Å². The van der Waals surface area contributed by atoms with Crippen LogP contribution in [0.25, 0.3) is 0 Å². The fourth-order valence-electron chi connectivity index (χ4n) is 1.39. The number of methoxy groups -OCH3 is 2. The molecule has 6 nitrogen and oxygen atoms in total. The second-order valence-corrected chi connectivity index (χ2v) is 4.58. The van der Waals surface area contributed by atoms with E-state index in [0.717, 1.165) is 0 Å². The Morgan fingerprint density at radius 1 is 1.32 bits per heavy atom. The van der Waals surface area contributed by atoms with E-state index in [0.29, 0.717) is 16.0 Å². The fourth-order valence-corrected chi connectivity index (χ4v) is 1.99. The first-order valence-electron chi connectivity index (χ1n) is 5.35. The molecule has 0 radical (unpaired) electrons. The normalized spacial score (nSPS) is 11.6. The highest BCUT2D eigenvalue weighted by Crippen LogP contribution is 2.36. The Kier molecular flexibility index (Phi) is 5.17. The number of aliphatic carboxylic acids is 1. The van der Waals surface area contributed by atoms with Gasteiger partial charge in [0.2, 0.25) is 0 Å². The van der Waals surface area contributed by atoms with Crippen LogP contribution in [0.3, 0.4) is 0 Å². The molecule has 1 atom stereocenters. The number of carboxylic acid groups (broad SMARTS) is 1. The Labute approximate surface area is 118 Å². The maximum atomic E-state index is 11.9. The first-order chi connectivity index (χ1) is 8.90. The SMILES string of the molecule is COc1cc(C(=O)N[C@H](C)C(=O)O)cc(Br)c1OC. The van der Waals surface area contributed by atoms with Crippen molar-refractivity contribution in [3.63, 3.8) is 0 Å². The summed E-state index contributed by atoms with van der Waals surface area (Å²) in [5.74, 6) is -0.764. The summed E-state index contributed by atoms with van der Waals surface area (Å²) in [6, 6.07) is 2.04. The van der Waals surface area contributed by atoms with Crippen molar-refractivity contribution in [2.24, 2.45) is 0 Å². The summed E-state index contributed by atoms with van der Waals surface area (Å²) in [5, 5.41) is 11.1. The molecule has 0 aliphatic heterocycles. The molecular weight excluding hydrogens is 318 g/mol. The number of ether oxygens (including phenoxy) is 2. The molecule has 1 aromatic carbocycles. The number of carbonyl (C=O) groups is 2. The van der Waals surface area contributed by atoms with Gasteiger partial charge in [0.05, 0.1) is 18.7 Å². The highest BCUT2D eigenvalue weighted by atomic mass is 79.9. The van der Waals surface area contributed by atoms with E-state index in [4.69, 9.17) is 14.6 Å². The van der Waals surface area contributed by atoms with E-state index in [1.165, 1.54) is 33.3 Å². The lowest BCUT2D eigenvalue weighted by Gasteiger charge is -2.13. The first-order valence-corrected chi connectivity index (χ1v) is 6.15. The van der Waals surface area contributed by atoms with Crippen molar-refractivity contribution >= 4 is 27.8 Å². The highest BCUT2D eigenvalue weighted by Gasteiger charge is 2.18. The van der Waals surface area contributed by atoms with Crippen molar-refractivity contribution in [2.45, 2.75) is 13.0 Å². The van der Waals surface area contributed by atoms with Crippen LogP contribution in [-0.4, -0.2) is 37.2 Å². The maximum absolute atomic E-state index is 11.9. The van der Waals surface area contributed by atoms with E-state index in [1.54, 1.807) is 0 Å². The lowest BCUT2D eigenvalue weighted by molar-refractivity contribution is -0.138. The van der Waals surface area contributed by atoms with Crippen LogP contribution in [0.2, 0.25) is 0 Å². The molecule has 0 bridgehead atoms. The summed E-state index contributed by atoms with van der Waals surface area (Å²) in [5.41, 5.74) is 0.276. The molecule has 0 heterocycles. The monoisotopic (exact) mass is 331 g/mol. The van der Waals surface area contributed by atoms with Gasteiger partial charge in [0.1, 0.15) is 6.04 Å². The number of carbonyl (C=O) groups excluding carboxylic acids is 1. The van der Waals surface area contributed by atoms with Crippen molar-refractivity contribution in [3.05, 3.63) is 22.2 Å². The summed E-state index contributed by atoms with van der Waals surface area (Å²) in [7, 11) is 2.93. The molecule has 0 unspecified atom stereocenters. The number of hydrogen-bond donors (Lipinski definition) is 2. The van der Waals surface area contributed by atoms with E-state index < -0.39 is 17.9 Å². The zero-order chi connectivity index (χ0) is 14.6. The van der Waals surface area contributed by atoms with Gasteiger partial charge in [-0.3, -0.25) is 9.59 Å². The zero-order valence-electron chi connectivity index (χ0n) is 10.7. The molecule has 0 saturated carbocycles. The fraction of sp³-hybridized carbons (Fsp3) is 0.333. The van der Waals surface area contributed by atoms with Crippen LogP contribution < -0.4 is 14.8 Å². The molecule has 104 valence electrons. The summed E-state index contributed by atoms with van der Waals surface area (Å²) in [6.07, 6.45) is 0. The van der Waals surface area contributed by atoms with Crippen LogP contribution in [-0.2, 0) is 4.79 Å². The predicted octanol–water partition coefficient (Wildman–Crippen LogP) is 1.67. The Morgan fingerprint density at radius 3 is 2.42 bits per heavy atom. The minimum absolute atomic E-state index is 0.276. The predicted molar refractivity (Wildman–Crippen MR) is 71.8 cm³/mol. The third kappa shape index (κ3) is 3.60. The molecular formula is C12H14BrNO5. The second-order valence-electron chi connectivity index (χ2n) is 3.73. The van der Waals surface area contributed by atoms with E-state index in [1.807, 2.05) is 0 Å². The van der Waals surface area contributed by atoms with Gasteiger partial charge in [-0.05, 0) is 35.0 Å². The molecule has 1 rings (SSSR count). The molecule has 2 N–H and O–H groups in total. The standard InChI is InChI=1S/C12H14BrNO5/c1-6(12(16)17)14-11(15)7-4-8(13)10(19-3)9(5-7)18-2/h4-6H,1-3H3,(H,14,15)(H,16,17)/t6-/m1/s1. The van der Waals surface area contributed by atoms with Crippen molar-refractivity contribution in [3.8, 4) is 11.5 Å². The van der Waals surface area contributed by atoms with Crippen LogP contribution in [0.1, 0.15) is 17.3 Å². The summed E-state index contributed by atoms with van der Waals surface area (Å²) < 4.78 is 10.8. The topological polar surface area (TPSA) is 84.9 Å². The number of halogens is 1. The highest BCUT2D eigenvalue weighted by molar-refractivity contribution is 9.10. The quantitative estimate of drug-likeness (QED) is 0.857. The Morgan fingerprint density at radius 2 is 1.95 bits per heavy atom. The van der Waals surface area contributed by atoms with Crippen molar-refractivity contribution < 1.29 is 24.2 Å². The minimum Gasteiger partial charge on any atom is -0.493 e. The molecule has 0 aromatic heterocycles. The summed E-state index contributed by atoms with van der Waals surface area (Å²) in [4.78, 5) is 22.6. The van der Waals surface area contributed by atoms with Gasteiger partial charge in [-0.25, -0.2) is 0 Å². The van der Waals surface area contributed by atoms with Gasteiger partial charge in [-0.15, -0.1) is 0 Å². The molecule has 1 amide bonds. The molecule has 7 heteroatoms. The van der Waals surface area contributed by atoms with Crippen LogP contribution in [0.5, 0.6) is 11.5 Å². The largest absolute Gasteiger partial charge is 0.493 e. The first kappa shape index (κ1) is 15.3. The molecule has 19 heavy (non-hydrogen) atoms. The van der Waals surface area contributed by atoms with Gasteiger partial charge in [0, 0.05) is 5.56 Å².